The Labute approximate surface area is 94.5 Å². The first-order valence-electron chi connectivity index (χ1n) is 5.01. The molecule has 0 saturated heterocycles. The molecule has 0 fully saturated rings. The highest BCUT2D eigenvalue weighted by Crippen LogP contribution is 2.23. The molecule has 0 saturated carbocycles. The second-order valence-electron chi connectivity index (χ2n) is 3.39. The fourth-order valence-corrected chi connectivity index (χ4v) is 1.48. The number of nitrogens with two attached hydrogens (primary N) is 1. The Bertz CT molecular complexity index is 334. The molecule has 0 aromatic heterocycles. The maximum absolute atomic E-state index is 13.7. The van der Waals surface area contributed by atoms with E-state index >= 15 is 0 Å². The van der Waals surface area contributed by atoms with Gasteiger partial charge in [-0.1, -0.05) is 6.07 Å². The summed E-state index contributed by atoms with van der Waals surface area (Å²) in [6, 6.07) is 4.45. The molecule has 0 bridgehead atoms. The van der Waals surface area contributed by atoms with Crippen LogP contribution in [0.4, 0.5) is 4.39 Å². The van der Waals surface area contributed by atoms with Gasteiger partial charge < -0.3 is 9.47 Å². The number of ether oxygens (including phenoxy) is 2. The predicted molar refractivity (Wildman–Crippen MR) is 59.5 cm³/mol. The standard InChI is InChI=1S/C11H17FN2O2/c1-15-6-5-11(14-13)9-4-3-8(16-2)7-10(9)12/h3-4,7,11,14H,5-6,13H2,1-2H3. The highest BCUT2D eigenvalue weighted by atomic mass is 19.1. The van der Waals surface area contributed by atoms with Crippen LogP contribution in [0, 0.1) is 5.82 Å². The Morgan fingerprint density at radius 3 is 2.69 bits per heavy atom. The van der Waals surface area contributed by atoms with E-state index in [-0.39, 0.29) is 11.9 Å². The highest BCUT2D eigenvalue weighted by Gasteiger charge is 2.14. The van der Waals surface area contributed by atoms with Crippen molar-refractivity contribution < 1.29 is 13.9 Å². The van der Waals surface area contributed by atoms with Crippen LogP contribution in [0.3, 0.4) is 0 Å². The summed E-state index contributed by atoms with van der Waals surface area (Å²) in [6.07, 6.45) is 0.607. The van der Waals surface area contributed by atoms with Gasteiger partial charge in [-0.15, -0.1) is 0 Å². The number of hydrogen-bond donors (Lipinski definition) is 2. The van der Waals surface area contributed by atoms with E-state index in [9.17, 15) is 4.39 Å². The average molecular weight is 228 g/mol. The summed E-state index contributed by atoms with van der Waals surface area (Å²) < 4.78 is 23.6. The molecular formula is C11H17FN2O2. The molecule has 0 aliphatic carbocycles. The Hall–Kier alpha value is -1.17. The van der Waals surface area contributed by atoms with Crippen LogP contribution >= 0.6 is 0 Å². The molecule has 3 N–H and O–H groups in total. The quantitative estimate of drug-likeness (QED) is 0.570. The van der Waals surface area contributed by atoms with Crippen molar-refractivity contribution in [3.63, 3.8) is 0 Å². The molecule has 4 nitrogen and oxygen atoms in total. The summed E-state index contributed by atoms with van der Waals surface area (Å²) in [6.45, 7) is 0.514. The third kappa shape index (κ3) is 3.16. The molecule has 0 amide bonds. The largest absolute Gasteiger partial charge is 0.497 e. The van der Waals surface area contributed by atoms with Gasteiger partial charge in [0.2, 0.25) is 0 Å². The molecule has 0 spiro atoms. The smallest absolute Gasteiger partial charge is 0.131 e. The van der Waals surface area contributed by atoms with E-state index in [4.69, 9.17) is 15.3 Å². The molecule has 5 heteroatoms. The van der Waals surface area contributed by atoms with Gasteiger partial charge in [-0.05, 0) is 12.5 Å². The summed E-state index contributed by atoms with van der Waals surface area (Å²) in [5.41, 5.74) is 3.08. The molecule has 1 unspecified atom stereocenters. The summed E-state index contributed by atoms with van der Waals surface area (Å²) in [5.74, 6) is 5.54. The van der Waals surface area contributed by atoms with Gasteiger partial charge in [-0.3, -0.25) is 11.3 Å². The Morgan fingerprint density at radius 2 is 2.19 bits per heavy atom. The maximum atomic E-state index is 13.7. The Balaban J connectivity index is 2.83. The molecule has 1 rings (SSSR count). The minimum atomic E-state index is -0.335. The summed E-state index contributed by atoms with van der Waals surface area (Å²) in [4.78, 5) is 0. The van der Waals surface area contributed by atoms with Crippen molar-refractivity contribution >= 4 is 0 Å². The van der Waals surface area contributed by atoms with Crippen molar-refractivity contribution in [2.24, 2.45) is 5.84 Å². The Kier molecular flexibility index (Phi) is 5.18. The monoisotopic (exact) mass is 228 g/mol. The number of hydrazine groups is 1. The molecular weight excluding hydrogens is 211 g/mol. The minimum Gasteiger partial charge on any atom is -0.497 e. The lowest BCUT2D eigenvalue weighted by atomic mass is 10.0. The van der Waals surface area contributed by atoms with Crippen LogP contribution in [0.15, 0.2) is 18.2 Å². The number of hydrogen-bond acceptors (Lipinski definition) is 4. The normalized spacial score (nSPS) is 12.5. The van der Waals surface area contributed by atoms with Gasteiger partial charge in [0.1, 0.15) is 11.6 Å². The molecule has 1 atom stereocenters. The fraction of sp³-hybridized carbons (Fsp3) is 0.455. The van der Waals surface area contributed by atoms with E-state index in [0.29, 0.717) is 24.3 Å². The first-order valence-corrected chi connectivity index (χ1v) is 5.01. The van der Waals surface area contributed by atoms with Crippen LogP contribution in [-0.2, 0) is 4.74 Å². The summed E-state index contributed by atoms with van der Waals surface area (Å²) in [7, 11) is 3.09. The van der Waals surface area contributed by atoms with Crippen LogP contribution in [0.1, 0.15) is 18.0 Å². The second kappa shape index (κ2) is 6.42. The van der Waals surface area contributed by atoms with E-state index < -0.39 is 0 Å². The first kappa shape index (κ1) is 12.9. The third-order valence-corrected chi connectivity index (χ3v) is 2.39. The lowest BCUT2D eigenvalue weighted by Gasteiger charge is -2.16. The Morgan fingerprint density at radius 1 is 1.44 bits per heavy atom. The van der Waals surface area contributed by atoms with Gasteiger partial charge in [-0.2, -0.15) is 0 Å². The number of halogens is 1. The number of nitrogens with one attached hydrogen (secondary N) is 1. The topological polar surface area (TPSA) is 56.5 Å². The zero-order valence-electron chi connectivity index (χ0n) is 9.50. The van der Waals surface area contributed by atoms with Crippen LogP contribution in [0.25, 0.3) is 0 Å². The van der Waals surface area contributed by atoms with Crippen LogP contribution in [-0.4, -0.2) is 20.8 Å². The van der Waals surface area contributed by atoms with Crippen molar-refractivity contribution in [3.05, 3.63) is 29.6 Å². The van der Waals surface area contributed by atoms with Gasteiger partial charge in [-0.25, -0.2) is 4.39 Å². The number of rotatable bonds is 6. The van der Waals surface area contributed by atoms with Gasteiger partial charge in [0.15, 0.2) is 0 Å². The van der Waals surface area contributed by atoms with Gasteiger partial charge >= 0.3 is 0 Å². The number of methoxy groups -OCH3 is 2. The van der Waals surface area contributed by atoms with E-state index in [0.717, 1.165) is 0 Å². The van der Waals surface area contributed by atoms with Gasteiger partial charge in [0.25, 0.3) is 0 Å². The SMILES string of the molecule is COCCC(NN)c1ccc(OC)cc1F. The number of benzene rings is 1. The molecule has 1 aromatic carbocycles. The lowest BCUT2D eigenvalue weighted by molar-refractivity contribution is 0.182. The van der Waals surface area contributed by atoms with E-state index in [1.807, 2.05) is 0 Å². The molecule has 90 valence electrons. The predicted octanol–water partition coefficient (Wildman–Crippen LogP) is 1.38. The molecule has 0 aliphatic rings. The van der Waals surface area contributed by atoms with Gasteiger partial charge in [0, 0.05) is 25.3 Å². The van der Waals surface area contributed by atoms with E-state index in [2.05, 4.69) is 5.43 Å². The van der Waals surface area contributed by atoms with Crippen molar-refractivity contribution in [1.82, 2.24) is 5.43 Å². The summed E-state index contributed by atoms with van der Waals surface area (Å²) in [5, 5.41) is 0. The second-order valence-corrected chi connectivity index (χ2v) is 3.39. The van der Waals surface area contributed by atoms with E-state index in [1.165, 1.54) is 13.2 Å². The molecule has 1 aromatic rings. The highest BCUT2D eigenvalue weighted by molar-refractivity contribution is 5.30. The molecule has 0 radical (unpaired) electrons. The average Bonchev–Trinajstić information content (AvgIpc) is 2.31. The lowest BCUT2D eigenvalue weighted by Crippen LogP contribution is -2.29. The van der Waals surface area contributed by atoms with Crippen molar-refractivity contribution in [2.45, 2.75) is 12.5 Å². The molecule has 16 heavy (non-hydrogen) atoms. The van der Waals surface area contributed by atoms with Crippen LogP contribution in [0.2, 0.25) is 0 Å². The zero-order chi connectivity index (χ0) is 12.0. The van der Waals surface area contributed by atoms with Crippen LogP contribution in [0.5, 0.6) is 5.75 Å². The van der Waals surface area contributed by atoms with Crippen molar-refractivity contribution in [3.8, 4) is 5.75 Å². The summed E-state index contributed by atoms with van der Waals surface area (Å²) >= 11 is 0. The maximum Gasteiger partial charge on any atom is 0.131 e. The third-order valence-electron chi connectivity index (χ3n) is 2.39. The minimum absolute atomic E-state index is 0.258. The molecule has 0 heterocycles. The molecule has 0 aliphatic heterocycles. The van der Waals surface area contributed by atoms with Crippen molar-refractivity contribution in [2.75, 3.05) is 20.8 Å². The van der Waals surface area contributed by atoms with Gasteiger partial charge in [0.05, 0.1) is 13.2 Å². The zero-order valence-corrected chi connectivity index (χ0v) is 9.50. The first-order chi connectivity index (χ1) is 7.72. The fourth-order valence-electron chi connectivity index (χ4n) is 1.48. The van der Waals surface area contributed by atoms with Crippen LogP contribution < -0.4 is 16.0 Å². The van der Waals surface area contributed by atoms with E-state index in [1.54, 1.807) is 19.2 Å². The van der Waals surface area contributed by atoms with Crippen molar-refractivity contribution in [1.29, 1.82) is 0 Å².